The molecule has 3 aromatic carbocycles. The van der Waals surface area contributed by atoms with Crippen LogP contribution in [0, 0.1) is 0 Å². The van der Waals surface area contributed by atoms with Crippen LogP contribution in [0.15, 0.2) is 72.8 Å². The fraction of sp³-hybridized carbons (Fsp3) is 0.130. The molecule has 0 radical (unpaired) electrons. The van der Waals surface area contributed by atoms with Gasteiger partial charge < -0.3 is 16.0 Å². The molecule has 3 rings (SSSR count). The van der Waals surface area contributed by atoms with Crippen LogP contribution in [-0.2, 0) is 4.79 Å². The number of carbonyl (C=O) groups is 2. The fourth-order valence-corrected chi connectivity index (χ4v) is 3.30. The van der Waals surface area contributed by atoms with Crippen LogP contribution in [0.4, 0.5) is 11.4 Å². The summed E-state index contributed by atoms with van der Waals surface area (Å²) < 4.78 is 0. The van der Waals surface area contributed by atoms with Gasteiger partial charge in [0.05, 0.1) is 23.3 Å². The lowest BCUT2D eigenvalue weighted by molar-refractivity contribution is -0.114. The van der Waals surface area contributed by atoms with Gasteiger partial charge in [-0.25, -0.2) is 0 Å². The van der Waals surface area contributed by atoms with Gasteiger partial charge in [0.2, 0.25) is 5.91 Å². The van der Waals surface area contributed by atoms with Crippen LogP contribution in [-0.4, -0.2) is 18.4 Å². The molecule has 7 heteroatoms. The predicted molar refractivity (Wildman–Crippen MR) is 122 cm³/mol. The molecule has 0 spiro atoms. The van der Waals surface area contributed by atoms with Crippen molar-refractivity contribution in [2.75, 3.05) is 17.2 Å². The van der Waals surface area contributed by atoms with E-state index in [0.29, 0.717) is 27.0 Å². The highest BCUT2D eigenvalue weighted by Gasteiger charge is 2.12. The Morgan fingerprint density at radius 2 is 1.63 bits per heavy atom. The van der Waals surface area contributed by atoms with Crippen LogP contribution in [0.3, 0.4) is 0 Å². The first-order valence-corrected chi connectivity index (χ1v) is 10.1. The summed E-state index contributed by atoms with van der Waals surface area (Å²) in [6.45, 7) is 1.97. The number of benzene rings is 3. The van der Waals surface area contributed by atoms with E-state index in [1.165, 1.54) is 0 Å². The van der Waals surface area contributed by atoms with Gasteiger partial charge in [-0.05, 0) is 55.0 Å². The van der Waals surface area contributed by atoms with Crippen molar-refractivity contribution in [1.29, 1.82) is 0 Å². The third-order valence-corrected chi connectivity index (χ3v) is 5.00. The minimum absolute atomic E-state index is 0.0399. The third-order valence-electron chi connectivity index (χ3n) is 4.45. The van der Waals surface area contributed by atoms with E-state index in [1.807, 2.05) is 37.3 Å². The minimum Gasteiger partial charge on any atom is -0.375 e. The van der Waals surface area contributed by atoms with Gasteiger partial charge in [-0.15, -0.1) is 0 Å². The fourth-order valence-electron chi connectivity index (χ4n) is 2.82. The van der Waals surface area contributed by atoms with Crippen LogP contribution >= 0.6 is 23.2 Å². The Balaban J connectivity index is 1.52. The number of nitrogens with one attached hydrogen (secondary N) is 3. The zero-order valence-electron chi connectivity index (χ0n) is 16.3. The maximum Gasteiger partial charge on any atom is 0.251 e. The van der Waals surface area contributed by atoms with Crippen molar-refractivity contribution < 1.29 is 9.59 Å². The van der Waals surface area contributed by atoms with E-state index in [1.54, 1.807) is 42.5 Å². The van der Waals surface area contributed by atoms with E-state index in [9.17, 15) is 9.59 Å². The maximum atomic E-state index is 12.4. The molecule has 30 heavy (non-hydrogen) atoms. The summed E-state index contributed by atoms with van der Waals surface area (Å²) in [5.41, 5.74) is 2.76. The standard InChI is InChI=1S/C23H21Cl2N3O2/c1-15(16-5-3-2-4-6-16)27-23(30)17-7-10-19(11-8-17)28-22(29)14-26-21-12-9-18(24)13-20(21)25/h2-13,15,26H,14H2,1H3,(H,27,30)(H,28,29). The Morgan fingerprint density at radius 3 is 2.30 bits per heavy atom. The smallest absolute Gasteiger partial charge is 0.251 e. The molecule has 0 aliphatic heterocycles. The Hall–Kier alpha value is -3.02. The quantitative estimate of drug-likeness (QED) is 0.450. The molecule has 0 fully saturated rings. The Morgan fingerprint density at radius 1 is 0.933 bits per heavy atom. The van der Waals surface area contributed by atoms with E-state index in [0.717, 1.165) is 5.56 Å². The number of amides is 2. The lowest BCUT2D eigenvalue weighted by Gasteiger charge is -2.14. The van der Waals surface area contributed by atoms with Crippen molar-refractivity contribution in [3.8, 4) is 0 Å². The molecule has 0 aliphatic rings. The van der Waals surface area contributed by atoms with Crippen LogP contribution < -0.4 is 16.0 Å². The third kappa shape index (κ3) is 5.99. The molecule has 0 heterocycles. The van der Waals surface area contributed by atoms with Crippen molar-refractivity contribution in [2.45, 2.75) is 13.0 Å². The first kappa shape index (κ1) is 21.7. The Bertz CT molecular complexity index is 1020. The number of anilines is 2. The summed E-state index contributed by atoms with van der Waals surface area (Å²) in [4.78, 5) is 24.6. The summed E-state index contributed by atoms with van der Waals surface area (Å²) in [6.07, 6.45) is 0. The molecule has 0 bridgehead atoms. The highest BCUT2D eigenvalue weighted by atomic mass is 35.5. The van der Waals surface area contributed by atoms with E-state index in [-0.39, 0.29) is 24.4 Å². The molecule has 0 saturated heterocycles. The van der Waals surface area contributed by atoms with E-state index in [4.69, 9.17) is 23.2 Å². The van der Waals surface area contributed by atoms with Crippen LogP contribution in [0.2, 0.25) is 10.0 Å². The predicted octanol–water partition coefficient (Wildman–Crippen LogP) is 5.54. The summed E-state index contributed by atoms with van der Waals surface area (Å²) >= 11 is 11.9. The normalized spacial score (nSPS) is 11.4. The molecule has 154 valence electrons. The van der Waals surface area contributed by atoms with Gasteiger partial charge in [0, 0.05) is 16.3 Å². The minimum atomic E-state index is -0.240. The highest BCUT2D eigenvalue weighted by molar-refractivity contribution is 6.36. The number of carbonyl (C=O) groups excluding carboxylic acids is 2. The molecule has 3 aromatic rings. The second kappa shape index (κ2) is 10.1. The topological polar surface area (TPSA) is 70.2 Å². The number of hydrogen-bond donors (Lipinski definition) is 3. The maximum absolute atomic E-state index is 12.4. The monoisotopic (exact) mass is 441 g/mol. The van der Waals surface area contributed by atoms with Crippen molar-refractivity contribution in [2.24, 2.45) is 0 Å². The molecule has 0 aromatic heterocycles. The SMILES string of the molecule is CC(NC(=O)c1ccc(NC(=O)CNc2ccc(Cl)cc2Cl)cc1)c1ccccc1. The zero-order valence-corrected chi connectivity index (χ0v) is 17.8. The molecule has 0 aliphatic carbocycles. The average molecular weight is 442 g/mol. The van der Waals surface area contributed by atoms with Crippen molar-refractivity contribution in [3.05, 3.63) is 94.0 Å². The summed E-state index contributed by atoms with van der Waals surface area (Å²) in [5.74, 6) is -0.417. The largest absolute Gasteiger partial charge is 0.375 e. The zero-order chi connectivity index (χ0) is 21.5. The van der Waals surface area contributed by atoms with Gasteiger partial charge in [0.25, 0.3) is 5.91 Å². The number of rotatable bonds is 7. The molecule has 3 N–H and O–H groups in total. The Kier molecular flexibility index (Phi) is 7.33. The Labute approximate surface area is 185 Å². The summed E-state index contributed by atoms with van der Waals surface area (Å²) in [7, 11) is 0. The van der Waals surface area contributed by atoms with Gasteiger partial charge in [0.1, 0.15) is 0 Å². The first-order chi connectivity index (χ1) is 14.4. The molecule has 5 nitrogen and oxygen atoms in total. The first-order valence-electron chi connectivity index (χ1n) is 9.37. The van der Waals surface area contributed by atoms with E-state index >= 15 is 0 Å². The van der Waals surface area contributed by atoms with Gasteiger partial charge in [-0.3, -0.25) is 9.59 Å². The second-order valence-electron chi connectivity index (χ2n) is 6.71. The van der Waals surface area contributed by atoms with Crippen molar-refractivity contribution >= 4 is 46.4 Å². The van der Waals surface area contributed by atoms with E-state index in [2.05, 4.69) is 16.0 Å². The number of hydrogen-bond acceptors (Lipinski definition) is 3. The number of halogens is 2. The molecular weight excluding hydrogens is 421 g/mol. The van der Waals surface area contributed by atoms with E-state index < -0.39 is 0 Å². The van der Waals surface area contributed by atoms with Crippen molar-refractivity contribution in [3.63, 3.8) is 0 Å². The lowest BCUT2D eigenvalue weighted by atomic mass is 10.1. The molecule has 1 unspecified atom stereocenters. The highest BCUT2D eigenvalue weighted by Crippen LogP contribution is 2.25. The van der Waals surface area contributed by atoms with Gasteiger partial charge in [0.15, 0.2) is 0 Å². The van der Waals surface area contributed by atoms with Gasteiger partial charge >= 0.3 is 0 Å². The second-order valence-corrected chi connectivity index (χ2v) is 7.55. The van der Waals surface area contributed by atoms with Crippen LogP contribution in [0.5, 0.6) is 0 Å². The van der Waals surface area contributed by atoms with Crippen molar-refractivity contribution in [1.82, 2.24) is 5.32 Å². The van der Waals surface area contributed by atoms with Gasteiger partial charge in [-0.1, -0.05) is 53.5 Å². The molecule has 1 atom stereocenters. The average Bonchev–Trinajstić information content (AvgIpc) is 2.74. The van der Waals surface area contributed by atoms with Crippen LogP contribution in [0.1, 0.15) is 28.9 Å². The molecule has 2 amide bonds. The van der Waals surface area contributed by atoms with Crippen LogP contribution in [0.25, 0.3) is 0 Å². The molecular formula is C23H21Cl2N3O2. The van der Waals surface area contributed by atoms with Gasteiger partial charge in [-0.2, -0.15) is 0 Å². The summed E-state index contributed by atoms with van der Waals surface area (Å²) in [6, 6.07) is 21.4. The lowest BCUT2D eigenvalue weighted by Crippen LogP contribution is -2.26. The summed E-state index contributed by atoms with van der Waals surface area (Å²) in [5, 5.41) is 9.66. The molecule has 0 saturated carbocycles.